The summed E-state index contributed by atoms with van der Waals surface area (Å²) in [5, 5.41) is 9.47. The Balaban J connectivity index is 2.34. The molecule has 35 heavy (non-hydrogen) atoms. The van der Waals surface area contributed by atoms with Crippen molar-refractivity contribution in [2.45, 2.75) is 27.4 Å². The van der Waals surface area contributed by atoms with Crippen molar-refractivity contribution in [2.24, 2.45) is 0 Å². The van der Waals surface area contributed by atoms with Gasteiger partial charge in [-0.15, -0.1) is 0 Å². The minimum Gasteiger partial charge on any atom is -0.482 e. The predicted octanol–water partition coefficient (Wildman–Crippen LogP) is 2.03. The van der Waals surface area contributed by atoms with E-state index in [0.717, 1.165) is 0 Å². The fourth-order valence-electron chi connectivity index (χ4n) is 2.69. The minimum absolute atomic E-state index is 0.0178. The van der Waals surface area contributed by atoms with Crippen molar-refractivity contribution in [1.29, 1.82) is 0 Å². The molecule has 1 heterocycles. The molecular formula is C25H27NO9. The van der Waals surface area contributed by atoms with Crippen LogP contribution in [0.4, 0.5) is 0 Å². The number of rotatable bonds is 11. The van der Waals surface area contributed by atoms with Crippen molar-refractivity contribution in [3.05, 3.63) is 52.8 Å². The van der Waals surface area contributed by atoms with Gasteiger partial charge in [-0.3, -0.25) is 0 Å². The van der Waals surface area contributed by atoms with Crippen LogP contribution in [0.25, 0.3) is 0 Å². The van der Waals surface area contributed by atoms with Crippen molar-refractivity contribution < 1.29 is 43.2 Å². The molecule has 0 spiro atoms. The van der Waals surface area contributed by atoms with Gasteiger partial charge < -0.3 is 28.8 Å². The van der Waals surface area contributed by atoms with Crippen molar-refractivity contribution in [3.63, 3.8) is 0 Å². The highest BCUT2D eigenvalue weighted by atomic mass is 16.6. The highest BCUT2D eigenvalue weighted by molar-refractivity contribution is 5.87. The summed E-state index contributed by atoms with van der Waals surface area (Å²) in [6.45, 7) is 4.61. The van der Waals surface area contributed by atoms with Gasteiger partial charge in [-0.25, -0.2) is 19.4 Å². The number of nitrogens with zero attached hydrogens (tertiary/aromatic N) is 1. The van der Waals surface area contributed by atoms with Crippen LogP contribution < -0.4 is 9.47 Å². The number of pyridine rings is 1. The van der Waals surface area contributed by atoms with Gasteiger partial charge in [0.05, 0.1) is 37.7 Å². The van der Waals surface area contributed by atoms with E-state index < -0.39 is 17.9 Å². The second kappa shape index (κ2) is 14.2. The molecule has 0 saturated heterocycles. The van der Waals surface area contributed by atoms with Crippen LogP contribution in [-0.2, 0) is 30.4 Å². The summed E-state index contributed by atoms with van der Waals surface area (Å²) in [5.74, 6) is 4.60. The third-order valence-corrected chi connectivity index (χ3v) is 4.13. The fraction of sp³-hybridized carbons (Fsp3) is 0.360. The average Bonchev–Trinajstić information content (AvgIpc) is 2.85. The number of hydrogen-bond donors (Lipinski definition) is 1. The highest BCUT2D eigenvalue weighted by Gasteiger charge is 2.12. The Morgan fingerprint density at radius 3 is 2.14 bits per heavy atom. The van der Waals surface area contributed by atoms with Crippen LogP contribution in [0, 0.1) is 11.8 Å². The highest BCUT2D eigenvalue weighted by Crippen LogP contribution is 2.25. The Morgan fingerprint density at radius 1 is 0.857 bits per heavy atom. The first kappa shape index (κ1) is 27.1. The lowest BCUT2D eigenvalue weighted by Crippen LogP contribution is -2.16. The molecule has 0 radical (unpaired) electrons. The third kappa shape index (κ3) is 8.98. The molecule has 0 unspecified atom stereocenters. The Kier molecular flexibility index (Phi) is 11.0. The maximum Gasteiger partial charge on any atom is 0.356 e. The molecule has 0 fully saturated rings. The standard InChI is InChI=1S/C25H27NO9/c1-4-31-23(28)15-34-20-10-9-18(22(13-20)35-16-24(29)32-5-2)8-7-17-11-19(14-27)26-21(12-17)25(30)33-6-3/h9-13,27H,4-6,14-16H2,1-3H3. The molecule has 0 saturated carbocycles. The van der Waals surface area contributed by atoms with Crippen LogP contribution in [0.3, 0.4) is 0 Å². The molecule has 1 aromatic heterocycles. The molecule has 0 aliphatic rings. The van der Waals surface area contributed by atoms with Gasteiger partial charge in [-0.1, -0.05) is 11.8 Å². The normalized spacial score (nSPS) is 9.94. The second-order valence-corrected chi connectivity index (χ2v) is 6.71. The molecule has 0 aliphatic carbocycles. The van der Waals surface area contributed by atoms with Crippen molar-refractivity contribution in [2.75, 3.05) is 33.0 Å². The summed E-state index contributed by atoms with van der Waals surface area (Å²) in [6.07, 6.45) is 0. The second-order valence-electron chi connectivity index (χ2n) is 6.71. The van der Waals surface area contributed by atoms with E-state index in [2.05, 4.69) is 16.8 Å². The number of aromatic nitrogens is 1. The maximum atomic E-state index is 12.1. The monoisotopic (exact) mass is 485 g/mol. The largest absolute Gasteiger partial charge is 0.482 e. The molecule has 0 bridgehead atoms. The zero-order chi connectivity index (χ0) is 25.6. The zero-order valence-corrected chi connectivity index (χ0v) is 19.8. The number of aliphatic hydroxyl groups is 1. The van der Waals surface area contributed by atoms with E-state index >= 15 is 0 Å². The first-order chi connectivity index (χ1) is 16.9. The SMILES string of the molecule is CCOC(=O)COc1ccc(C#Cc2cc(CO)nc(C(=O)OCC)c2)c(OCC(=O)OCC)c1. The molecule has 1 N–H and O–H groups in total. The van der Waals surface area contributed by atoms with Crippen LogP contribution in [0.2, 0.25) is 0 Å². The molecule has 2 rings (SSSR count). The lowest BCUT2D eigenvalue weighted by molar-refractivity contribution is -0.146. The topological polar surface area (TPSA) is 130 Å². The van der Waals surface area contributed by atoms with Crippen LogP contribution in [-0.4, -0.2) is 61.0 Å². The number of esters is 3. The van der Waals surface area contributed by atoms with Gasteiger partial charge in [0.2, 0.25) is 0 Å². The van der Waals surface area contributed by atoms with Gasteiger partial charge in [0.15, 0.2) is 13.2 Å². The van der Waals surface area contributed by atoms with Gasteiger partial charge in [0.25, 0.3) is 0 Å². The summed E-state index contributed by atoms with van der Waals surface area (Å²) < 4.78 is 25.7. The number of benzene rings is 1. The molecule has 10 heteroatoms. The fourth-order valence-corrected chi connectivity index (χ4v) is 2.69. The van der Waals surface area contributed by atoms with Crippen molar-refractivity contribution >= 4 is 17.9 Å². The Labute approximate surface area is 203 Å². The van der Waals surface area contributed by atoms with E-state index in [0.29, 0.717) is 16.9 Å². The summed E-state index contributed by atoms with van der Waals surface area (Å²) in [6, 6.07) is 7.63. The van der Waals surface area contributed by atoms with E-state index in [1.165, 1.54) is 18.2 Å². The first-order valence-electron chi connectivity index (χ1n) is 10.9. The quantitative estimate of drug-likeness (QED) is 0.287. The lowest BCUT2D eigenvalue weighted by atomic mass is 10.1. The minimum atomic E-state index is -0.632. The molecular weight excluding hydrogens is 458 g/mol. The van der Waals surface area contributed by atoms with Crippen molar-refractivity contribution in [1.82, 2.24) is 4.98 Å². The average molecular weight is 485 g/mol. The molecule has 0 atom stereocenters. The van der Waals surface area contributed by atoms with Crippen LogP contribution in [0.1, 0.15) is 48.1 Å². The van der Waals surface area contributed by atoms with E-state index in [1.54, 1.807) is 32.9 Å². The number of aliphatic hydroxyl groups excluding tert-OH is 1. The molecule has 0 amide bonds. The van der Waals surface area contributed by atoms with Gasteiger partial charge in [0.1, 0.15) is 17.2 Å². The van der Waals surface area contributed by atoms with Crippen LogP contribution in [0.5, 0.6) is 11.5 Å². The Bertz CT molecular complexity index is 1100. The number of hydrogen-bond acceptors (Lipinski definition) is 10. The summed E-state index contributed by atoms with van der Waals surface area (Å²) in [4.78, 5) is 39.4. The summed E-state index contributed by atoms with van der Waals surface area (Å²) in [5.41, 5.74) is 1.08. The van der Waals surface area contributed by atoms with E-state index in [4.69, 9.17) is 23.7 Å². The van der Waals surface area contributed by atoms with E-state index in [9.17, 15) is 19.5 Å². The molecule has 10 nitrogen and oxygen atoms in total. The molecule has 1 aromatic carbocycles. The molecule has 2 aromatic rings. The van der Waals surface area contributed by atoms with Crippen molar-refractivity contribution in [3.8, 4) is 23.3 Å². The first-order valence-corrected chi connectivity index (χ1v) is 10.9. The van der Waals surface area contributed by atoms with Gasteiger partial charge >= 0.3 is 17.9 Å². The van der Waals surface area contributed by atoms with Crippen LogP contribution >= 0.6 is 0 Å². The van der Waals surface area contributed by atoms with E-state index in [-0.39, 0.29) is 56.8 Å². The zero-order valence-electron chi connectivity index (χ0n) is 19.8. The van der Waals surface area contributed by atoms with E-state index in [1.807, 2.05) is 0 Å². The third-order valence-electron chi connectivity index (χ3n) is 4.13. The number of ether oxygens (including phenoxy) is 5. The van der Waals surface area contributed by atoms with Gasteiger partial charge in [-0.2, -0.15) is 0 Å². The van der Waals surface area contributed by atoms with Crippen LogP contribution in [0.15, 0.2) is 30.3 Å². The number of carbonyl (C=O) groups excluding carboxylic acids is 3. The number of carbonyl (C=O) groups is 3. The molecule has 186 valence electrons. The maximum absolute atomic E-state index is 12.1. The Morgan fingerprint density at radius 2 is 1.51 bits per heavy atom. The predicted molar refractivity (Wildman–Crippen MR) is 123 cm³/mol. The van der Waals surface area contributed by atoms with Gasteiger partial charge in [0, 0.05) is 11.6 Å². The summed E-state index contributed by atoms with van der Waals surface area (Å²) in [7, 11) is 0. The smallest absolute Gasteiger partial charge is 0.356 e. The lowest BCUT2D eigenvalue weighted by Gasteiger charge is -2.11. The van der Waals surface area contributed by atoms with Gasteiger partial charge in [-0.05, 0) is 45.0 Å². The molecule has 0 aliphatic heterocycles. The summed E-state index contributed by atoms with van der Waals surface area (Å²) >= 11 is 0. The Hall–Kier alpha value is -4.10.